The van der Waals surface area contributed by atoms with Gasteiger partial charge < -0.3 is 4.98 Å². The molecule has 0 fully saturated rings. The molecular formula is C16H14N4O. The van der Waals surface area contributed by atoms with Crippen LogP contribution in [0.1, 0.15) is 11.3 Å². The number of hydrogen-bond acceptors (Lipinski definition) is 3. The summed E-state index contributed by atoms with van der Waals surface area (Å²) in [5.74, 6) is -0.160. The van der Waals surface area contributed by atoms with Gasteiger partial charge in [0.1, 0.15) is 0 Å². The van der Waals surface area contributed by atoms with Crippen LogP contribution in [0.3, 0.4) is 0 Å². The molecule has 0 bridgehead atoms. The van der Waals surface area contributed by atoms with Crippen molar-refractivity contribution in [2.45, 2.75) is 6.42 Å². The number of carbonyl (C=O) groups is 1. The zero-order valence-electron chi connectivity index (χ0n) is 11.3. The molecule has 0 atom stereocenters. The van der Waals surface area contributed by atoms with Crippen LogP contribution < -0.4 is 5.43 Å². The summed E-state index contributed by atoms with van der Waals surface area (Å²) in [6, 6.07) is 13.5. The molecule has 2 aromatic heterocycles. The van der Waals surface area contributed by atoms with Gasteiger partial charge >= 0.3 is 0 Å². The first-order valence-electron chi connectivity index (χ1n) is 6.60. The highest BCUT2D eigenvalue weighted by atomic mass is 16.2. The van der Waals surface area contributed by atoms with Crippen molar-refractivity contribution in [1.82, 2.24) is 15.4 Å². The number of fused-ring (bicyclic) bond motifs is 1. The van der Waals surface area contributed by atoms with E-state index >= 15 is 0 Å². The summed E-state index contributed by atoms with van der Waals surface area (Å²) in [6.07, 6.45) is 5.20. The lowest BCUT2D eigenvalue weighted by molar-refractivity contribution is -0.120. The van der Waals surface area contributed by atoms with E-state index in [2.05, 4.69) is 20.5 Å². The highest BCUT2D eigenvalue weighted by Gasteiger charge is 2.05. The largest absolute Gasteiger partial charge is 0.358 e. The molecule has 3 aromatic rings. The fourth-order valence-electron chi connectivity index (χ4n) is 2.07. The number of H-pyrrole nitrogens is 1. The fourth-order valence-corrected chi connectivity index (χ4v) is 2.07. The molecule has 5 heteroatoms. The quantitative estimate of drug-likeness (QED) is 0.567. The first-order valence-corrected chi connectivity index (χ1v) is 6.60. The molecule has 2 N–H and O–H groups in total. The van der Waals surface area contributed by atoms with Crippen LogP contribution in [-0.2, 0) is 11.2 Å². The topological polar surface area (TPSA) is 70.1 Å². The minimum atomic E-state index is -0.160. The Kier molecular flexibility index (Phi) is 3.73. The third-order valence-electron chi connectivity index (χ3n) is 3.05. The Bertz CT molecular complexity index is 744. The Morgan fingerprint density at radius 2 is 2.05 bits per heavy atom. The van der Waals surface area contributed by atoms with Gasteiger partial charge in [0.25, 0.3) is 0 Å². The Morgan fingerprint density at radius 3 is 2.86 bits per heavy atom. The van der Waals surface area contributed by atoms with E-state index in [0.717, 1.165) is 22.2 Å². The van der Waals surface area contributed by atoms with Gasteiger partial charge in [0, 0.05) is 23.6 Å². The van der Waals surface area contributed by atoms with Crippen molar-refractivity contribution in [2.75, 3.05) is 0 Å². The van der Waals surface area contributed by atoms with Crippen LogP contribution in [0, 0.1) is 0 Å². The molecule has 3 rings (SSSR count). The van der Waals surface area contributed by atoms with Crippen LogP contribution >= 0.6 is 0 Å². The van der Waals surface area contributed by atoms with Crippen molar-refractivity contribution in [3.8, 4) is 0 Å². The third kappa shape index (κ3) is 3.33. The summed E-state index contributed by atoms with van der Waals surface area (Å²) in [7, 11) is 0. The number of pyridine rings is 1. The smallest absolute Gasteiger partial charge is 0.245 e. The van der Waals surface area contributed by atoms with E-state index < -0.39 is 0 Å². The molecular weight excluding hydrogens is 264 g/mol. The number of hydrazone groups is 1. The first-order chi connectivity index (χ1) is 10.3. The van der Waals surface area contributed by atoms with E-state index in [-0.39, 0.29) is 12.3 Å². The Balaban J connectivity index is 1.60. The monoisotopic (exact) mass is 278 g/mol. The molecule has 21 heavy (non-hydrogen) atoms. The second-order valence-corrected chi connectivity index (χ2v) is 4.63. The lowest BCUT2D eigenvalue weighted by Gasteiger charge is -1.97. The number of para-hydroxylation sites is 1. The van der Waals surface area contributed by atoms with Gasteiger partial charge in [-0.3, -0.25) is 9.78 Å². The van der Waals surface area contributed by atoms with E-state index in [0.29, 0.717) is 0 Å². The van der Waals surface area contributed by atoms with E-state index in [1.165, 1.54) is 0 Å². The Labute approximate surface area is 121 Å². The maximum atomic E-state index is 11.8. The summed E-state index contributed by atoms with van der Waals surface area (Å²) < 4.78 is 0. The summed E-state index contributed by atoms with van der Waals surface area (Å²) >= 11 is 0. The highest BCUT2D eigenvalue weighted by Crippen LogP contribution is 2.14. The first kappa shape index (κ1) is 13.1. The molecule has 0 radical (unpaired) electrons. The van der Waals surface area contributed by atoms with Gasteiger partial charge in [0.15, 0.2) is 0 Å². The SMILES string of the molecule is O=C(Cc1cc2ccccc2[nH]1)NN=Cc1ccncc1. The van der Waals surface area contributed by atoms with Crippen molar-refractivity contribution in [3.05, 3.63) is 66.1 Å². The maximum absolute atomic E-state index is 11.8. The van der Waals surface area contributed by atoms with Gasteiger partial charge in [0.05, 0.1) is 12.6 Å². The molecule has 0 spiro atoms. The Hall–Kier alpha value is -2.95. The summed E-state index contributed by atoms with van der Waals surface area (Å²) in [4.78, 5) is 18.9. The van der Waals surface area contributed by atoms with E-state index in [9.17, 15) is 4.79 Å². The van der Waals surface area contributed by atoms with Gasteiger partial charge in [-0.05, 0) is 35.2 Å². The zero-order chi connectivity index (χ0) is 14.5. The number of nitrogens with zero attached hydrogens (tertiary/aromatic N) is 2. The molecule has 0 aliphatic heterocycles. The fraction of sp³-hybridized carbons (Fsp3) is 0.0625. The standard InChI is InChI=1S/C16H14N4O/c21-16(20-18-11-12-5-7-17-8-6-12)10-14-9-13-3-1-2-4-15(13)19-14/h1-9,11,19H,10H2,(H,20,21). The van der Waals surface area contributed by atoms with Gasteiger partial charge in [-0.15, -0.1) is 0 Å². The van der Waals surface area contributed by atoms with Gasteiger partial charge in [0.2, 0.25) is 5.91 Å². The maximum Gasteiger partial charge on any atom is 0.245 e. The number of carbonyl (C=O) groups excluding carboxylic acids is 1. The van der Waals surface area contributed by atoms with Crippen LogP contribution in [0.4, 0.5) is 0 Å². The molecule has 5 nitrogen and oxygen atoms in total. The predicted octanol–water partition coefficient (Wildman–Crippen LogP) is 2.26. The number of amides is 1. The van der Waals surface area contributed by atoms with E-state index in [4.69, 9.17) is 0 Å². The van der Waals surface area contributed by atoms with E-state index in [1.807, 2.05) is 42.5 Å². The minimum absolute atomic E-state index is 0.160. The molecule has 0 unspecified atom stereocenters. The number of aromatic amines is 1. The minimum Gasteiger partial charge on any atom is -0.358 e. The lowest BCUT2D eigenvalue weighted by atomic mass is 10.2. The van der Waals surface area contributed by atoms with Crippen LogP contribution in [-0.4, -0.2) is 22.1 Å². The summed E-state index contributed by atoms with van der Waals surface area (Å²) in [6.45, 7) is 0. The van der Waals surface area contributed by atoms with Crippen molar-refractivity contribution in [2.24, 2.45) is 5.10 Å². The molecule has 1 aromatic carbocycles. The molecule has 0 aliphatic rings. The summed E-state index contributed by atoms with van der Waals surface area (Å²) in [5.41, 5.74) is 5.30. The zero-order valence-corrected chi connectivity index (χ0v) is 11.3. The molecule has 2 heterocycles. The number of aromatic nitrogens is 2. The van der Waals surface area contributed by atoms with Crippen molar-refractivity contribution >= 4 is 23.0 Å². The molecule has 1 amide bonds. The van der Waals surface area contributed by atoms with Gasteiger partial charge in [-0.1, -0.05) is 18.2 Å². The molecule has 0 saturated heterocycles. The van der Waals surface area contributed by atoms with E-state index in [1.54, 1.807) is 18.6 Å². The van der Waals surface area contributed by atoms with Crippen LogP contribution in [0.5, 0.6) is 0 Å². The lowest BCUT2D eigenvalue weighted by Crippen LogP contribution is -2.19. The molecule has 0 saturated carbocycles. The number of benzene rings is 1. The third-order valence-corrected chi connectivity index (χ3v) is 3.05. The normalized spacial score (nSPS) is 11.0. The summed E-state index contributed by atoms with van der Waals surface area (Å²) in [5, 5.41) is 5.02. The van der Waals surface area contributed by atoms with Crippen LogP contribution in [0.25, 0.3) is 10.9 Å². The number of hydrogen-bond donors (Lipinski definition) is 2. The number of nitrogens with one attached hydrogen (secondary N) is 2. The van der Waals surface area contributed by atoms with Gasteiger partial charge in [-0.25, -0.2) is 5.43 Å². The van der Waals surface area contributed by atoms with Crippen molar-refractivity contribution in [3.63, 3.8) is 0 Å². The average molecular weight is 278 g/mol. The van der Waals surface area contributed by atoms with Gasteiger partial charge in [-0.2, -0.15) is 5.10 Å². The Morgan fingerprint density at radius 1 is 1.24 bits per heavy atom. The highest BCUT2D eigenvalue weighted by molar-refractivity contribution is 5.85. The predicted molar refractivity (Wildman–Crippen MR) is 82.0 cm³/mol. The van der Waals surface area contributed by atoms with Crippen LogP contribution in [0.15, 0.2) is 60.0 Å². The van der Waals surface area contributed by atoms with Crippen molar-refractivity contribution in [1.29, 1.82) is 0 Å². The van der Waals surface area contributed by atoms with Crippen molar-refractivity contribution < 1.29 is 4.79 Å². The average Bonchev–Trinajstić information content (AvgIpc) is 2.90. The van der Waals surface area contributed by atoms with Crippen LogP contribution in [0.2, 0.25) is 0 Å². The second kappa shape index (κ2) is 6.00. The second-order valence-electron chi connectivity index (χ2n) is 4.63. The molecule has 0 aliphatic carbocycles. The number of rotatable bonds is 4. The molecule has 104 valence electrons.